The van der Waals surface area contributed by atoms with Crippen molar-refractivity contribution in [3.8, 4) is 11.5 Å². The van der Waals surface area contributed by atoms with Crippen LogP contribution in [0.5, 0.6) is 0 Å². The summed E-state index contributed by atoms with van der Waals surface area (Å²) in [7, 11) is 0. The van der Waals surface area contributed by atoms with Crippen LogP contribution in [-0.2, 0) is 10.3 Å². The van der Waals surface area contributed by atoms with Crippen molar-refractivity contribution in [1.82, 2.24) is 15.1 Å². The molecule has 6 nitrogen and oxygen atoms in total. The van der Waals surface area contributed by atoms with Crippen molar-refractivity contribution < 1.29 is 9.26 Å². The standard InChI is InChI=1S/C14H17N3O3/c1-2-19-14(8-3-4-9-14)13-16-12(17-20-13)10-6-5-7-11(18)15-10/h5-7H,2-4,8-9H2,1H3,(H,15,18). The van der Waals surface area contributed by atoms with Crippen LogP contribution in [0, 0.1) is 0 Å². The number of hydrogen-bond donors (Lipinski definition) is 1. The summed E-state index contributed by atoms with van der Waals surface area (Å²) in [5.41, 5.74) is -0.0823. The molecule has 0 radical (unpaired) electrons. The number of aromatic amines is 1. The van der Waals surface area contributed by atoms with Crippen LogP contribution in [0.3, 0.4) is 0 Å². The predicted molar refractivity (Wildman–Crippen MR) is 72.1 cm³/mol. The Morgan fingerprint density at radius 1 is 1.40 bits per heavy atom. The van der Waals surface area contributed by atoms with Crippen molar-refractivity contribution in [3.63, 3.8) is 0 Å². The van der Waals surface area contributed by atoms with Crippen LogP contribution in [0.1, 0.15) is 38.5 Å². The van der Waals surface area contributed by atoms with E-state index in [0.29, 0.717) is 24.0 Å². The molecule has 106 valence electrons. The van der Waals surface area contributed by atoms with Gasteiger partial charge in [-0.3, -0.25) is 4.79 Å². The van der Waals surface area contributed by atoms with Gasteiger partial charge in [0.15, 0.2) is 0 Å². The lowest BCUT2D eigenvalue weighted by Crippen LogP contribution is -2.26. The molecule has 1 fully saturated rings. The zero-order valence-corrected chi connectivity index (χ0v) is 11.4. The van der Waals surface area contributed by atoms with E-state index in [2.05, 4.69) is 15.1 Å². The molecule has 1 aliphatic rings. The van der Waals surface area contributed by atoms with E-state index in [-0.39, 0.29) is 5.56 Å². The van der Waals surface area contributed by atoms with Crippen LogP contribution in [-0.4, -0.2) is 21.7 Å². The number of hydrogen-bond acceptors (Lipinski definition) is 5. The summed E-state index contributed by atoms with van der Waals surface area (Å²) in [6.07, 6.45) is 3.99. The Kier molecular flexibility index (Phi) is 3.40. The first-order valence-electron chi connectivity index (χ1n) is 6.91. The van der Waals surface area contributed by atoms with E-state index >= 15 is 0 Å². The van der Waals surface area contributed by atoms with Crippen molar-refractivity contribution in [2.75, 3.05) is 6.61 Å². The number of rotatable bonds is 4. The molecule has 3 rings (SSSR count). The van der Waals surface area contributed by atoms with E-state index in [4.69, 9.17) is 9.26 Å². The van der Waals surface area contributed by atoms with Gasteiger partial charge in [-0.15, -0.1) is 0 Å². The van der Waals surface area contributed by atoms with Crippen molar-refractivity contribution in [3.05, 3.63) is 34.4 Å². The highest BCUT2D eigenvalue weighted by Gasteiger charge is 2.41. The highest BCUT2D eigenvalue weighted by atomic mass is 16.5. The van der Waals surface area contributed by atoms with Crippen molar-refractivity contribution in [2.24, 2.45) is 0 Å². The highest BCUT2D eigenvalue weighted by molar-refractivity contribution is 5.47. The fourth-order valence-corrected chi connectivity index (χ4v) is 2.74. The molecule has 20 heavy (non-hydrogen) atoms. The van der Waals surface area contributed by atoms with Gasteiger partial charge in [0.05, 0.1) is 5.69 Å². The lowest BCUT2D eigenvalue weighted by molar-refractivity contribution is -0.0610. The van der Waals surface area contributed by atoms with E-state index in [1.807, 2.05) is 6.92 Å². The molecule has 0 saturated heterocycles. The van der Waals surface area contributed by atoms with E-state index < -0.39 is 5.60 Å². The molecule has 0 bridgehead atoms. The molecule has 2 heterocycles. The Morgan fingerprint density at radius 3 is 2.90 bits per heavy atom. The molecule has 0 spiro atoms. The molecule has 1 aliphatic carbocycles. The van der Waals surface area contributed by atoms with Crippen LogP contribution >= 0.6 is 0 Å². The van der Waals surface area contributed by atoms with Crippen molar-refractivity contribution in [2.45, 2.75) is 38.2 Å². The Labute approximate surface area is 116 Å². The normalized spacial score (nSPS) is 17.4. The summed E-state index contributed by atoms with van der Waals surface area (Å²) in [5.74, 6) is 0.903. The number of nitrogens with one attached hydrogen (secondary N) is 1. The van der Waals surface area contributed by atoms with Gasteiger partial charge in [-0.25, -0.2) is 0 Å². The number of ether oxygens (including phenoxy) is 1. The second-order valence-corrected chi connectivity index (χ2v) is 4.99. The van der Waals surface area contributed by atoms with Gasteiger partial charge >= 0.3 is 0 Å². The fraction of sp³-hybridized carbons (Fsp3) is 0.500. The number of pyridine rings is 1. The minimum Gasteiger partial charge on any atom is -0.365 e. The molecule has 0 aromatic carbocycles. The van der Waals surface area contributed by atoms with Crippen LogP contribution in [0.4, 0.5) is 0 Å². The Bertz CT molecular complexity index is 641. The molecular weight excluding hydrogens is 258 g/mol. The number of nitrogens with zero attached hydrogens (tertiary/aromatic N) is 2. The van der Waals surface area contributed by atoms with E-state index in [0.717, 1.165) is 25.7 Å². The lowest BCUT2D eigenvalue weighted by Gasteiger charge is -2.24. The first kappa shape index (κ1) is 13.1. The summed E-state index contributed by atoms with van der Waals surface area (Å²) < 4.78 is 11.3. The van der Waals surface area contributed by atoms with Gasteiger partial charge in [-0.2, -0.15) is 4.98 Å². The maximum Gasteiger partial charge on any atom is 0.259 e. The molecule has 1 saturated carbocycles. The summed E-state index contributed by atoms with van der Waals surface area (Å²) in [4.78, 5) is 18.4. The molecule has 2 aromatic rings. The first-order valence-corrected chi connectivity index (χ1v) is 6.91. The van der Waals surface area contributed by atoms with Crippen LogP contribution < -0.4 is 5.56 Å². The number of H-pyrrole nitrogens is 1. The summed E-state index contributed by atoms with van der Waals surface area (Å²) in [5, 5.41) is 3.96. The zero-order chi connectivity index (χ0) is 14.0. The Morgan fingerprint density at radius 2 is 2.20 bits per heavy atom. The van der Waals surface area contributed by atoms with E-state index in [1.165, 1.54) is 6.07 Å². The Balaban J connectivity index is 1.95. The first-order chi connectivity index (χ1) is 9.73. The molecule has 0 atom stereocenters. The van der Waals surface area contributed by atoms with Gasteiger partial charge in [0.25, 0.3) is 5.89 Å². The third-order valence-corrected chi connectivity index (χ3v) is 3.66. The molecule has 0 amide bonds. The number of aromatic nitrogens is 3. The molecule has 2 aromatic heterocycles. The molecule has 6 heteroatoms. The van der Waals surface area contributed by atoms with E-state index in [9.17, 15) is 4.79 Å². The summed E-state index contributed by atoms with van der Waals surface area (Å²) in [6.45, 7) is 2.58. The SMILES string of the molecule is CCOC1(c2nc(-c3cccc(=O)[nH]3)no2)CCCC1. The monoisotopic (exact) mass is 275 g/mol. The Hall–Kier alpha value is -1.95. The van der Waals surface area contributed by atoms with Crippen molar-refractivity contribution >= 4 is 0 Å². The van der Waals surface area contributed by atoms with Crippen LogP contribution in [0.2, 0.25) is 0 Å². The molecule has 0 aliphatic heterocycles. The minimum absolute atomic E-state index is 0.186. The summed E-state index contributed by atoms with van der Waals surface area (Å²) >= 11 is 0. The van der Waals surface area contributed by atoms with Crippen molar-refractivity contribution in [1.29, 1.82) is 0 Å². The highest BCUT2D eigenvalue weighted by Crippen LogP contribution is 2.41. The topological polar surface area (TPSA) is 81.0 Å². The van der Waals surface area contributed by atoms with Gasteiger partial charge in [-0.1, -0.05) is 11.2 Å². The molecule has 0 unspecified atom stereocenters. The van der Waals surface area contributed by atoms with Crippen LogP contribution in [0.15, 0.2) is 27.5 Å². The maximum atomic E-state index is 11.3. The third-order valence-electron chi connectivity index (χ3n) is 3.66. The maximum absolute atomic E-state index is 11.3. The summed E-state index contributed by atoms with van der Waals surface area (Å²) in [6, 6.07) is 4.86. The van der Waals surface area contributed by atoms with E-state index in [1.54, 1.807) is 12.1 Å². The average Bonchev–Trinajstić information content (AvgIpc) is 3.08. The van der Waals surface area contributed by atoms with Gasteiger partial charge < -0.3 is 14.2 Å². The molecular formula is C14H17N3O3. The quantitative estimate of drug-likeness (QED) is 0.925. The fourth-order valence-electron chi connectivity index (χ4n) is 2.74. The smallest absolute Gasteiger partial charge is 0.259 e. The van der Waals surface area contributed by atoms with Gasteiger partial charge in [-0.05, 0) is 38.7 Å². The van der Waals surface area contributed by atoms with Gasteiger partial charge in [0, 0.05) is 12.7 Å². The second kappa shape index (κ2) is 5.20. The predicted octanol–water partition coefficient (Wildman–Crippen LogP) is 2.23. The zero-order valence-electron chi connectivity index (χ0n) is 11.4. The van der Waals surface area contributed by atoms with Gasteiger partial charge in [0.2, 0.25) is 11.4 Å². The van der Waals surface area contributed by atoms with Gasteiger partial charge in [0.1, 0.15) is 5.60 Å². The second-order valence-electron chi connectivity index (χ2n) is 4.99. The third kappa shape index (κ3) is 2.27. The van der Waals surface area contributed by atoms with Crippen LogP contribution in [0.25, 0.3) is 11.5 Å². The largest absolute Gasteiger partial charge is 0.365 e. The average molecular weight is 275 g/mol. The molecule has 1 N–H and O–H groups in total. The lowest BCUT2D eigenvalue weighted by atomic mass is 10.0. The minimum atomic E-state index is -0.449.